The van der Waals surface area contributed by atoms with Crippen LogP contribution in [0.15, 0.2) is 0 Å². The molecule has 3 N–H and O–H groups in total. The summed E-state index contributed by atoms with van der Waals surface area (Å²) < 4.78 is 6.27. The maximum absolute atomic E-state index is 11.5. The average molecular weight is 213 g/mol. The predicted octanol–water partition coefficient (Wildman–Crippen LogP) is -0.0573. The highest BCUT2D eigenvalue weighted by atomic mass is 16.5. The number of aliphatic hydroxyl groups is 1. The van der Waals surface area contributed by atoms with Crippen molar-refractivity contribution in [3.05, 3.63) is 11.4 Å². The third kappa shape index (κ3) is 2.27. The first-order valence-electron chi connectivity index (χ1n) is 4.72. The van der Waals surface area contributed by atoms with E-state index >= 15 is 0 Å². The molecule has 0 atom stereocenters. The molecule has 1 aromatic heterocycles. The molecular weight excluding hydrogens is 198 g/mol. The molecule has 0 radical (unpaired) electrons. The van der Waals surface area contributed by atoms with E-state index in [4.69, 9.17) is 15.6 Å². The number of rotatable bonds is 4. The van der Waals surface area contributed by atoms with Crippen LogP contribution < -0.4 is 5.73 Å². The van der Waals surface area contributed by atoms with Crippen LogP contribution in [0.25, 0.3) is 0 Å². The molecule has 1 rings (SSSR count). The van der Waals surface area contributed by atoms with E-state index in [1.54, 1.807) is 6.92 Å². The van der Waals surface area contributed by atoms with Crippen molar-refractivity contribution in [2.24, 2.45) is 0 Å². The Hall–Kier alpha value is -1.56. The monoisotopic (exact) mass is 213 g/mol. The Bertz CT molecular complexity index is 360. The Labute approximate surface area is 87.6 Å². The van der Waals surface area contributed by atoms with E-state index in [-0.39, 0.29) is 18.9 Å². The summed E-state index contributed by atoms with van der Waals surface area (Å²) >= 11 is 0. The fourth-order valence-electron chi connectivity index (χ4n) is 1.25. The molecule has 6 heteroatoms. The van der Waals surface area contributed by atoms with Crippen molar-refractivity contribution >= 4 is 11.7 Å². The number of aromatic nitrogens is 2. The number of carbonyl (C=O) groups excluding carboxylic acids is 1. The number of carbonyl (C=O) groups is 1. The Balaban J connectivity index is 2.96. The molecule has 15 heavy (non-hydrogen) atoms. The standard InChI is InChI=1S/C9H15N3O3/c1-3-12-8(7(10)6(2)11-12)9(14)15-5-4-13/h13H,3-5,10H2,1-2H3. The van der Waals surface area contributed by atoms with Gasteiger partial charge < -0.3 is 15.6 Å². The number of aryl methyl sites for hydroxylation is 2. The van der Waals surface area contributed by atoms with Crippen molar-refractivity contribution in [2.45, 2.75) is 20.4 Å². The quantitative estimate of drug-likeness (QED) is 0.684. The van der Waals surface area contributed by atoms with Crippen molar-refractivity contribution < 1.29 is 14.6 Å². The topological polar surface area (TPSA) is 90.4 Å². The highest BCUT2D eigenvalue weighted by Gasteiger charge is 2.19. The number of nitrogens with zero attached hydrogens (tertiary/aromatic N) is 2. The van der Waals surface area contributed by atoms with Gasteiger partial charge in [-0.05, 0) is 13.8 Å². The van der Waals surface area contributed by atoms with Crippen molar-refractivity contribution in [3.63, 3.8) is 0 Å². The summed E-state index contributed by atoms with van der Waals surface area (Å²) in [5.74, 6) is -0.552. The van der Waals surface area contributed by atoms with Crippen molar-refractivity contribution in [2.75, 3.05) is 18.9 Å². The lowest BCUT2D eigenvalue weighted by atomic mass is 10.3. The molecule has 6 nitrogen and oxygen atoms in total. The molecule has 0 bridgehead atoms. The van der Waals surface area contributed by atoms with E-state index < -0.39 is 5.97 Å². The third-order valence-electron chi connectivity index (χ3n) is 1.99. The lowest BCUT2D eigenvalue weighted by Crippen LogP contribution is -2.15. The Morgan fingerprint density at radius 1 is 1.67 bits per heavy atom. The lowest BCUT2D eigenvalue weighted by molar-refractivity contribution is 0.0421. The van der Waals surface area contributed by atoms with Gasteiger partial charge in [0.15, 0.2) is 5.69 Å². The highest BCUT2D eigenvalue weighted by Crippen LogP contribution is 2.17. The van der Waals surface area contributed by atoms with Crippen LogP contribution in [-0.4, -0.2) is 34.1 Å². The summed E-state index contributed by atoms with van der Waals surface area (Å²) in [5, 5.41) is 12.6. The number of hydrogen-bond acceptors (Lipinski definition) is 5. The van der Waals surface area contributed by atoms with Crippen molar-refractivity contribution in [1.82, 2.24) is 9.78 Å². The minimum atomic E-state index is -0.552. The van der Waals surface area contributed by atoms with Gasteiger partial charge in [-0.3, -0.25) is 4.68 Å². The third-order valence-corrected chi connectivity index (χ3v) is 1.99. The molecule has 0 fully saturated rings. The van der Waals surface area contributed by atoms with Crippen LogP contribution >= 0.6 is 0 Å². The first kappa shape index (κ1) is 11.5. The van der Waals surface area contributed by atoms with Gasteiger partial charge in [0.05, 0.1) is 18.0 Å². The molecule has 0 saturated carbocycles. The molecule has 0 unspecified atom stereocenters. The van der Waals surface area contributed by atoms with Gasteiger partial charge in [-0.1, -0.05) is 0 Å². The van der Waals surface area contributed by atoms with E-state index in [1.165, 1.54) is 4.68 Å². The van der Waals surface area contributed by atoms with Crippen LogP contribution in [0.1, 0.15) is 23.1 Å². The van der Waals surface area contributed by atoms with E-state index in [2.05, 4.69) is 5.10 Å². The summed E-state index contributed by atoms with van der Waals surface area (Å²) in [6, 6.07) is 0. The summed E-state index contributed by atoms with van der Waals surface area (Å²) in [7, 11) is 0. The second-order valence-corrected chi connectivity index (χ2v) is 3.02. The van der Waals surface area contributed by atoms with Crippen molar-refractivity contribution in [3.8, 4) is 0 Å². The Morgan fingerprint density at radius 2 is 2.33 bits per heavy atom. The van der Waals surface area contributed by atoms with E-state index in [9.17, 15) is 4.79 Å². The molecule has 84 valence electrons. The van der Waals surface area contributed by atoms with Gasteiger partial charge in [-0.25, -0.2) is 4.79 Å². The molecule has 0 aliphatic rings. The first-order chi connectivity index (χ1) is 7.11. The minimum Gasteiger partial charge on any atom is -0.458 e. The number of esters is 1. The predicted molar refractivity (Wildman–Crippen MR) is 54.4 cm³/mol. The zero-order valence-electron chi connectivity index (χ0n) is 8.86. The number of hydrogen-bond donors (Lipinski definition) is 2. The van der Waals surface area contributed by atoms with Gasteiger partial charge in [-0.15, -0.1) is 0 Å². The van der Waals surface area contributed by atoms with E-state index in [1.807, 2.05) is 6.92 Å². The fraction of sp³-hybridized carbons (Fsp3) is 0.556. The Morgan fingerprint density at radius 3 is 2.87 bits per heavy atom. The lowest BCUT2D eigenvalue weighted by Gasteiger charge is -2.05. The fourth-order valence-corrected chi connectivity index (χ4v) is 1.25. The van der Waals surface area contributed by atoms with Gasteiger partial charge in [0.25, 0.3) is 0 Å². The van der Waals surface area contributed by atoms with Gasteiger partial charge in [0, 0.05) is 6.54 Å². The van der Waals surface area contributed by atoms with Crippen LogP contribution in [0.5, 0.6) is 0 Å². The number of aliphatic hydroxyl groups excluding tert-OH is 1. The molecule has 0 aromatic carbocycles. The van der Waals surface area contributed by atoms with Gasteiger partial charge >= 0.3 is 5.97 Å². The van der Waals surface area contributed by atoms with Crippen LogP contribution in [0.2, 0.25) is 0 Å². The summed E-state index contributed by atoms with van der Waals surface area (Å²) in [6.07, 6.45) is 0. The van der Waals surface area contributed by atoms with Gasteiger partial charge in [-0.2, -0.15) is 5.10 Å². The van der Waals surface area contributed by atoms with E-state index in [0.717, 1.165) is 0 Å². The number of nitrogen functional groups attached to an aromatic ring is 1. The molecule has 0 saturated heterocycles. The molecule has 1 heterocycles. The molecule has 1 aromatic rings. The number of nitrogens with two attached hydrogens (primary N) is 1. The molecule has 0 aliphatic carbocycles. The summed E-state index contributed by atoms with van der Waals surface area (Å²) in [5.41, 5.74) is 6.90. The largest absolute Gasteiger partial charge is 0.458 e. The molecule has 0 amide bonds. The SMILES string of the molecule is CCn1nc(C)c(N)c1C(=O)OCCO. The average Bonchev–Trinajstić information content (AvgIpc) is 2.51. The summed E-state index contributed by atoms with van der Waals surface area (Å²) in [6.45, 7) is 3.89. The van der Waals surface area contributed by atoms with Crippen molar-refractivity contribution in [1.29, 1.82) is 0 Å². The normalized spacial score (nSPS) is 10.3. The zero-order chi connectivity index (χ0) is 11.4. The molecule has 0 spiro atoms. The number of anilines is 1. The smallest absolute Gasteiger partial charge is 0.358 e. The second kappa shape index (κ2) is 4.79. The van der Waals surface area contributed by atoms with E-state index in [0.29, 0.717) is 17.9 Å². The molecule has 0 aliphatic heterocycles. The first-order valence-corrected chi connectivity index (χ1v) is 4.72. The maximum Gasteiger partial charge on any atom is 0.358 e. The van der Waals surface area contributed by atoms with Gasteiger partial charge in [0.2, 0.25) is 0 Å². The Kier molecular flexibility index (Phi) is 3.68. The van der Waals surface area contributed by atoms with Crippen LogP contribution in [0, 0.1) is 6.92 Å². The zero-order valence-corrected chi connectivity index (χ0v) is 8.86. The minimum absolute atomic E-state index is 0.0355. The summed E-state index contributed by atoms with van der Waals surface area (Å²) in [4.78, 5) is 11.5. The van der Waals surface area contributed by atoms with Crippen LogP contribution in [0.3, 0.4) is 0 Å². The van der Waals surface area contributed by atoms with Crippen LogP contribution in [0.4, 0.5) is 5.69 Å². The molecular formula is C9H15N3O3. The van der Waals surface area contributed by atoms with Gasteiger partial charge in [0.1, 0.15) is 6.61 Å². The maximum atomic E-state index is 11.5. The second-order valence-electron chi connectivity index (χ2n) is 3.02. The highest BCUT2D eigenvalue weighted by molar-refractivity contribution is 5.93. The van der Waals surface area contributed by atoms with Crippen LogP contribution in [-0.2, 0) is 11.3 Å². The number of ether oxygens (including phenoxy) is 1.